The van der Waals surface area contributed by atoms with Crippen molar-refractivity contribution < 1.29 is 23.9 Å². The van der Waals surface area contributed by atoms with Crippen LogP contribution in [0.2, 0.25) is 0 Å². The Morgan fingerprint density at radius 1 is 0.846 bits per heavy atom. The number of amides is 3. The molecule has 0 saturated carbocycles. The predicted octanol–water partition coefficient (Wildman–Crippen LogP) is -0.248. The van der Waals surface area contributed by atoms with Crippen LogP contribution in [0.4, 0.5) is 0 Å². The number of hydrogen-bond donors (Lipinski definition) is 3. The molecule has 0 unspecified atom stereocenters. The fourth-order valence-corrected chi connectivity index (χ4v) is 2.09. The fourth-order valence-electron chi connectivity index (χ4n) is 2.09. The standard InChI is InChI=1S/C18H17N3O5/c19-17(24)15(18(20)25)21-14(22)10-26-13-8-6-12(7-9-13)16(23)11-4-2-1-3-5-11/h1-9,15H,10H2,(H2,19,24)(H2,20,25)(H,21,22). The zero-order valence-corrected chi connectivity index (χ0v) is 13.7. The summed E-state index contributed by atoms with van der Waals surface area (Å²) >= 11 is 0. The van der Waals surface area contributed by atoms with Gasteiger partial charge in [0.25, 0.3) is 5.91 Å². The number of rotatable bonds is 8. The Balaban J connectivity index is 1.93. The fraction of sp³-hybridized carbons (Fsp3) is 0.111. The minimum atomic E-state index is -1.60. The third-order valence-electron chi connectivity index (χ3n) is 3.40. The second-order valence-corrected chi connectivity index (χ2v) is 5.31. The van der Waals surface area contributed by atoms with E-state index in [1.165, 1.54) is 12.1 Å². The van der Waals surface area contributed by atoms with Crippen LogP contribution in [0.15, 0.2) is 54.6 Å². The smallest absolute Gasteiger partial charge is 0.258 e. The van der Waals surface area contributed by atoms with Gasteiger partial charge < -0.3 is 21.5 Å². The van der Waals surface area contributed by atoms with Gasteiger partial charge in [-0.2, -0.15) is 0 Å². The first-order valence-electron chi connectivity index (χ1n) is 7.59. The second kappa shape index (κ2) is 8.43. The molecule has 0 aliphatic rings. The number of ketones is 1. The summed E-state index contributed by atoms with van der Waals surface area (Å²) in [6, 6.07) is 13.4. The number of primary amides is 2. The molecule has 2 aromatic rings. The van der Waals surface area contributed by atoms with Crippen LogP contribution in [0.5, 0.6) is 5.75 Å². The van der Waals surface area contributed by atoms with Crippen LogP contribution in [0.3, 0.4) is 0 Å². The molecule has 0 bridgehead atoms. The molecule has 0 saturated heterocycles. The first-order valence-corrected chi connectivity index (χ1v) is 7.59. The molecule has 2 rings (SSSR count). The molecule has 26 heavy (non-hydrogen) atoms. The van der Waals surface area contributed by atoms with Gasteiger partial charge in [0, 0.05) is 11.1 Å². The highest BCUT2D eigenvalue weighted by atomic mass is 16.5. The lowest BCUT2D eigenvalue weighted by molar-refractivity contribution is -0.134. The van der Waals surface area contributed by atoms with Gasteiger partial charge in [0.1, 0.15) is 5.75 Å². The van der Waals surface area contributed by atoms with Crippen molar-refractivity contribution in [3.8, 4) is 5.75 Å². The van der Waals surface area contributed by atoms with E-state index in [4.69, 9.17) is 16.2 Å². The molecule has 8 heteroatoms. The van der Waals surface area contributed by atoms with Crippen LogP contribution < -0.4 is 21.5 Å². The van der Waals surface area contributed by atoms with Gasteiger partial charge in [-0.3, -0.25) is 19.2 Å². The molecular weight excluding hydrogens is 338 g/mol. The second-order valence-electron chi connectivity index (χ2n) is 5.31. The van der Waals surface area contributed by atoms with Gasteiger partial charge in [0.15, 0.2) is 18.4 Å². The molecular formula is C18H17N3O5. The van der Waals surface area contributed by atoms with Crippen molar-refractivity contribution in [3.63, 3.8) is 0 Å². The Labute approximate surface area is 149 Å². The molecule has 134 valence electrons. The predicted molar refractivity (Wildman–Crippen MR) is 92.1 cm³/mol. The van der Waals surface area contributed by atoms with Gasteiger partial charge in [0.05, 0.1) is 0 Å². The third-order valence-corrected chi connectivity index (χ3v) is 3.40. The molecule has 0 aliphatic heterocycles. The molecule has 0 aliphatic carbocycles. The Kier molecular flexibility index (Phi) is 6.05. The maximum absolute atomic E-state index is 12.3. The van der Waals surface area contributed by atoms with E-state index in [0.29, 0.717) is 16.9 Å². The van der Waals surface area contributed by atoms with Gasteiger partial charge in [-0.05, 0) is 24.3 Å². The van der Waals surface area contributed by atoms with Crippen molar-refractivity contribution in [1.82, 2.24) is 5.32 Å². The van der Waals surface area contributed by atoms with Crippen molar-refractivity contribution >= 4 is 23.5 Å². The normalized spacial score (nSPS) is 10.2. The van der Waals surface area contributed by atoms with Gasteiger partial charge in [0.2, 0.25) is 11.8 Å². The number of nitrogens with two attached hydrogens (primary N) is 2. The Morgan fingerprint density at radius 2 is 1.38 bits per heavy atom. The van der Waals surface area contributed by atoms with E-state index in [0.717, 1.165) is 0 Å². The summed E-state index contributed by atoms with van der Waals surface area (Å²) in [6.07, 6.45) is 0. The molecule has 0 aromatic heterocycles. The third kappa shape index (κ3) is 4.91. The highest BCUT2D eigenvalue weighted by Crippen LogP contribution is 2.15. The first kappa shape index (κ1) is 18.7. The molecule has 2 aromatic carbocycles. The lowest BCUT2D eigenvalue weighted by Gasteiger charge is -2.12. The molecule has 0 radical (unpaired) electrons. The molecule has 5 N–H and O–H groups in total. The Hall–Kier alpha value is -3.68. The van der Waals surface area contributed by atoms with Crippen LogP contribution in [0.1, 0.15) is 15.9 Å². The van der Waals surface area contributed by atoms with E-state index in [1.807, 2.05) is 6.07 Å². The van der Waals surface area contributed by atoms with Gasteiger partial charge in [-0.15, -0.1) is 0 Å². The Morgan fingerprint density at radius 3 is 1.92 bits per heavy atom. The molecule has 0 heterocycles. The van der Waals surface area contributed by atoms with Crippen molar-refractivity contribution in [1.29, 1.82) is 0 Å². The van der Waals surface area contributed by atoms with Crippen molar-refractivity contribution in [2.75, 3.05) is 6.61 Å². The van der Waals surface area contributed by atoms with Crippen LogP contribution in [-0.2, 0) is 14.4 Å². The number of carbonyl (C=O) groups is 4. The summed E-state index contributed by atoms with van der Waals surface area (Å²) in [5.74, 6) is -2.67. The molecule has 0 fully saturated rings. The zero-order valence-electron chi connectivity index (χ0n) is 13.7. The molecule has 8 nitrogen and oxygen atoms in total. The van der Waals surface area contributed by atoms with E-state index < -0.39 is 30.4 Å². The average molecular weight is 355 g/mol. The van der Waals surface area contributed by atoms with Gasteiger partial charge in [-0.1, -0.05) is 30.3 Å². The summed E-state index contributed by atoms with van der Waals surface area (Å²) < 4.78 is 5.24. The zero-order chi connectivity index (χ0) is 19.1. The summed E-state index contributed by atoms with van der Waals surface area (Å²) in [7, 11) is 0. The Bertz CT molecular complexity index is 804. The largest absolute Gasteiger partial charge is 0.484 e. The topological polar surface area (TPSA) is 142 Å². The number of benzene rings is 2. The van der Waals surface area contributed by atoms with Crippen LogP contribution in [0.25, 0.3) is 0 Å². The van der Waals surface area contributed by atoms with Crippen molar-refractivity contribution in [2.45, 2.75) is 6.04 Å². The summed E-state index contributed by atoms with van der Waals surface area (Å²) in [6.45, 7) is -0.455. The highest BCUT2D eigenvalue weighted by molar-refractivity contribution is 6.09. The van der Waals surface area contributed by atoms with Gasteiger partial charge >= 0.3 is 0 Å². The van der Waals surface area contributed by atoms with E-state index >= 15 is 0 Å². The van der Waals surface area contributed by atoms with Crippen molar-refractivity contribution in [2.24, 2.45) is 11.5 Å². The SMILES string of the molecule is NC(=O)C(NC(=O)COc1ccc(C(=O)c2ccccc2)cc1)C(N)=O. The number of carbonyl (C=O) groups excluding carboxylic acids is 4. The van der Waals surface area contributed by atoms with E-state index in [9.17, 15) is 19.2 Å². The molecule has 0 spiro atoms. The molecule has 0 atom stereocenters. The van der Waals surface area contributed by atoms with Crippen LogP contribution >= 0.6 is 0 Å². The lowest BCUT2D eigenvalue weighted by atomic mass is 10.0. The summed E-state index contributed by atoms with van der Waals surface area (Å²) in [5, 5.41) is 2.07. The first-order chi connectivity index (χ1) is 12.4. The number of ether oxygens (including phenoxy) is 1. The summed E-state index contributed by atoms with van der Waals surface area (Å²) in [5.41, 5.74) is 10.9. The van der Waals surface area contributed by atoms with E-state index in [-0.39, 0.29) is 5.78 Å². The minimum Gasteiger partial charge on any atom is -0.484 e. The van der Waals surface area contributed by atoms with Crippen molar-refractivity contribution in [3.05, 3.63) is 65.7 Å². The van der Waals surface area contributed by atoms with E-state index in [1.54, 1.807) is 36.4 Å². The maximum atomic E-state index is 12.3. The quantitative estimate of drug-likeness (QED) is 0.442. The molecule has 3 amide bonds. The lowest BCUT2D eigenvalue weighted by Crippen LogP contribution is -2.53. The highest BCUT2D eigenvalue weighted by Gasteiger charge is 2.23. The van der Waals surface area contributed by atoms with Gasteiger partial charge in [-0.25, -0.2) is 0 Å². The summed E-state index contributed by atoms with van der Waals surface area (Å²) in [4.78, 5) is 46.0. The van der Waals surface area contributed by atoms with Crippen LogP contribution in [-0.4, -0.2) is 36.2 Å². The number of hydrogen-bond acceptors (Lipinski definition) is 5. The average Bonchev–Trinajstić information content (AvgIpc) is 2.64. The maximum Gasteiger partial charge on any atom is 0.258 e. The number of nitrogens with one attached hydrogen (secondary N) is 1. The van der Waals surface area contributed by atoms with Crippen LogP contribution in [0, 0.1) is 0 Å². The van der Waals surface area contributed by atoms with E-state index in [2.05, 4.69) is 5.32 Å². The monoisotopic (exact) mass is 355 g/mol. The minimum absolute atomic E-state index is 0.138.